The summed E-state index contributed by atoms with van der Waals surface area (Å²) in [6, 6.07) is 0. The minimum Gasteiger partial charge on any atom is -0.457 e. The van der Waals surface area contributed by atoms with Crippen LogP contribution in [0.5, 0.6) is 0 Å². The molecule has 7 unspecified atom stereocenters. The van der Waals surface area contributed by atoms with E-state index < -0.39 is 73.5 Å². The van der Waals surface area contributed by atoms with Gasteiger partial charge in [-0.05, 0) is 40.0 Å². The summed E-state index contributed by atoms with van der Waals surface area (Å²) in [5.41, 5.74) is -1.70. The number of aliphatic hydroxyl groups is 8. The first-order valence-electron chi connectivity index (χ1n) is 10.9. The minimum atomic E-state index is -2.21. The van der Waals surface area contributed by atoms with Crippen LogP contribution in [0.1, 0.15) is 52.9 Å². The van der Waals surface area contributed by atoms with Crippen LogP contribution in [0.25, 0.3) is 0 Å². The van der Waals surface area contributed by atoms with Gasteiger partial charge in [-0.2, -0.15) is 0 Å². The fourth-order valence-electron chi connectivity index (χ4n) is 3.27. The van der Waals surface area contributed by atoms with Crippen LogP contribution in [0.2, 0.25) is 0 Å². The van der Waals surface area contributed by atoms with E-state index in [-0.39, 0.29) is 37.9 Å². The molecule has 0 aromatic heterocycles. The number of rotatable bonds is 17. The number of esters is 2. The third-order valence-corrected chi connectivity index (χ3v) is 5.30. The second kappa shape index (κ2) is 15.3. The summed E-state index contributed by atoms with van der Waals surface area (Å²) in [7, 11) is 0. The lowest BCUT2D eigenvalue weighted by atomic mass is 9.81. The maximum Gasteiger partial charge on any atom is 0.338 e. The highest BCUT2D eigenvalue weighted by atomic mass is 16.6. The van der Waals surface area contributed by atoms with E-state index >= 15 is 0 Å². The maximum atomic E-state index is 12.3. The summed E-state index contributed by atoms with van der Waals surface area (Å²) in [5, 5.41) is 78.4. The summed E-state index contributed by atoms with van der Waals surface area (Å²) in [4.78, 5) is 35.0. The predicted molar refractivity (Wildman–Crippen MR) is 114 cm³/mol. The summed E-state index contributed by atoms with van der Waals surface area (Å²) in [6.07, 6.45) is -12.5. The van der Waals surface area contributed by atoms with Gasteiger partial charge in [0.2, 0.25) is 6.29 Å². The lowest BCUT2D eigenvalue weighted by molar-refractivity contribution is -0.216. The van der Waals surface area contributed by atoms with Gasteiger partial charge in [-0.1, -0.05) is 0 Å². The van der Waals surface area contributed by atoms with E-state index in [0.717, 1.165) is 0 Å². The van der Waals surface area contributed by atoms with Gasteiger partial charge in [0.1, 0.15) is 23.6 Å². The van der Waals surface area contributed by atoms with Crippen molar-refractivity contribution in [3.63, 3.8) is 0 Å². The third-order valence-electron chi connectivity index (χ3n) is 5.30. The van der Waals surface area contributed by atoms with Crippen molar-refractivity contribution < 1.29 is 64.7 Å². The average Bonchev–Trinajstić information content (AvgIpc) is 2.74. The molecule has 0 radical (unpaired) electrons. The van der Waals surface area contributed by atoms with Gasteiger partial charge < -0.3 is 55.1 Å². The zero-order valence-corrected chi connectivity index (χ0v) is 19.6. The molecular formula is C21H38O13. The molecule has 0 aliphatic carbocycles. The summed E-state index contributed by atoms with van der Waals surface area (Å²) in [5.74, 6) is -3.72. The van der Waals surface area contributed by atoms with Crippen molar-refractivity contribution in [3.8, 4) is 0 Å². The van der Waals surface area contributed by atoms with Crippen LogP contribution >= 0.6 is 0 Å². The van der Waals surface area contributed by atoms with Crippen LogP contribution in [0.15, 0.2) is 0 Å². The number of hydrogen-bond donors (Lipinski definition) is 8. The molecule has 0 fully saturated rings. The fourth-order valence-corrected chi connectivity index (χ4v) is 3.27. The van der Waals surface area contributed by atoms with E-state index in [2.05, 4.69) is 4.74 Å². The fraction of sp³-hybridized carbons (Fsp3) is 0.857. The van der Waals surface area contributed by atoms with Crippen molar-refractivity contribution in [2.24, 2.45) is 5.92 Å². The van der Waals surface area contributed by atoms with Crippen LogP contribution in [0.3, 0.4) is 0 Å². The van der Waals surface area contributed by atoms with E-state index in [4.69, 9.17) is 9.84 Å². The highest BCUT2D eigenvalue weighted by Crippen LogP contribution is 2.31. The van der Waals surface area contributed by atoms with Crippen molar-refractivity contribution >= 4 is 17.7 Å². The number of ketones is 1. The number of Topliss-reactive ketones (excluding diaryl/α,β-unsaturated/α-hetero) is 1. The minimum absolute atomic E-state index is 0.117. The highest BCUT2D eigenvalue weighted by molar-refractivity contribution is 5.76. The van der Waals surface area contributed by atoms with Crippen LogP contribution < -0.4 is 0 Å². The quantitative estimate of drug-likeness (QED) is 0.0744. The molecule has 34 heavy (non-hydrogen) atoms. The molecule has 8 N–H and O–H groups in total. The van der Waals surface area contributed by atoms with Crippen LogP contribution in [-0.2, 0) is 23.9 Å². The first-order chi connectivity index (χ1) is 15.7. The second-order valence-electron chi connectivity index (χ2n) is 8.58. The number of hydrogen-bond acceptors (Lipinski definition) is 13. The topological polar surface area (TPSA) is 232 Å². The second-order valence-corrected chi connectivity index (χ2v) is 8.58. The normalized spacial score (nSPS) is 18.2. The number of carbonyl (C=O) groups is 3. The molecule has 0 aromatic rings. The summed E-state index contributed by atoms with van der Waals surface area (Å²) >= 11 is 0. The molecule has 0 amide bonds. The Balaban J connectivity index is 5.25. The zero-order chi connectivity index (χ0) is 26.6. The van der Waals surface area contributed by atoms with Gasteiger partial charge in [-0.3, -0.25) is 4.79 Å². The first-order valence-corrected chi connectivity index (χ1v) is 10.9. The van der Waals surface area contributed by atoms with Gasteiger partial charge in [0.15, 0.2) is 6.10 Å². The van der Waals surface area contributed by atoms with Crippen LogP contribution in [0.4, 0.5) is 0 Å². The van der Waals surface area contributed by atoms with E-state index in [1.807, 2.05) is 0 Å². The molecule has 200 valence electrons. The Morgan fingerprint density at radius 1 is 0.824 bits per heavy atom. The molecule has 7 atom stereocenters. The smallest absolute Gasteiger partial charge is 0.338 e. The van der Waals surface area contributed by atoms with Gasteiger partial charge in [-0.15, -0.1) is 0 Å². The number of aliphatic hydroxyl groups excluding tert-OH is 8. The Morgan fingerprint density at radius 3 is 1.88 bits per heavy atom. The SMILES string of the molecule is CC(=O)CCCC(=O)OC(O)C(O)C(O)C(CCO)C(C)(C)OC(=O)C(O)C(O)C(O)CCO. The van der Waals surface area contributed by atoms with Crippen molar-refractivity contribution in [2.75, 3.05) is 13.2 Å². The van der Waals surface area contributed by atoms with E-state index in [1.165, 1.54) is 20.8 Å². The van der Waals surface area contributed by atoms with Gasteiger partial charge in [0, 0.05) is 32.0 Å². The van der Waals surface area contributed by atoms with Crippen LogP contribution in [0, 0.1) is 5.92 Å². The monoisotopic (exact) mass is 498 g/mol. The summed E-state index contributed by atoms with van der Waals surface area (Å²) < 4.78 is 9.81. The molecule has 0 aromatic carbocycles. The van der Waals surface area contributed by atoms with E-state index in [1.54, 1.807) is 0 Å². The van der Waals surface area contributed by atoms with Crippen molar-refractivity contribution in [1.82, 2.24) is 0 Å². The average molecular weight is 499 g/mol. The Kier molecular flexibility index (Phi) is 14.5. The third kappa shape index (κ3) is 10.7. The van der Waals surface area contributed by atoms with Crippen molar-refractivity contribution in [1.29, 1.82) is 0 Å². The van der Waals surface area contributed by atoms with Gasteiger partial charge >= 0.3 is 11.9 Å². The lowest BCUT2D eigenvalue weighted by Crippen LogP contribution is -2.53. The zero-order valence-electron chi connectivity index (χ0n) is 19.6. The Labute approximate surface area is 197 Å². The molecule has 0 aliphatic heterocycles. The maximum absolute atomic E-state index is 12.3. The highest BCUT2D eigenvalue weighted by Gasteiger charge is 2.45. The van der Waals surface area contributed by atoms with Gasteiger partial charge in [0.05, 0.1) is 12.2 Å². The number of ether oxygens (including phenoxy) is 2. The Morgan fingerprint density at radius 2 is 1.38 bits per heavy atom. The van der Waals surface area contributed by atoms with Crippen molar-refractivity contribution in [3.05, 3.63) is 0 Å². The molecule has 0 spiro atoms. The molecule has 0 heterocycles. The Hall–Kier alpha value is -1.71. The Bertz CT molecular complexity index is 638. The molecule has 0 saturated carbocycles. The number of carbonyl (C=O) groups excluding carboxylic acids is 3. The lowest BCUT2D eigenvalue weighted by Gasteiger charge is -2.39. The van der Waals surface area contributed by atoms with Gasteiger partial charge in [-0.25, -0.2) is 4.79 Å². The molecule has 0 rings (SSSR count). The van der Waals surface area contributed by atoms with E-state index in [0.29, 0.717) is 0 Å². The molecule has 0 saturated heterocycles. The molecule has 0 bridgehead atoms. The largest absolute Gasteiger partial charge is 0.457 e. The molecule has 0 aliphatic rings. The molecule has 13 nitrogen and oxygen atoms in total. The summed E-state index contributed by atoms with van der Waals surface area (Å²) in [6.45, 7) is 2.82. The molecule has 13 heteroatoms. The van der Waals surface area contributed by atoms with E-state index in [9.17, 15) is 50.1 Å². The molecular weight excluding hydrogens is 460 g/mol. The van der Waals surface area contributed by atoms with Crippen LogP contribution in [-0.4, -0.2) is 114 Å². The first kappa shape index (κ1) is 32.3. The van der Waals surface area contributed by atoms with Crippen molar-refractivity contribution in [2.45, 2.75) is 95.3 Å². The predicted octanol–water partition coefficient (Wildman–Crippen LogP) is -2.89. The van der Waals surface area contributed by atoms with Gasteiger partial charge in [0.25, 0.3) is 0 Å². The standard InChI is InChI=1S/C21H38O13/c1-11(24)5-4-6-14(26)33-19(31)17(29)15(27)12(7-9-22)21(2,3)34-20(32)18(30)16(28)13(25)8-10-23/h12-13,15-19,22-23,25,27-31H,4-10H2,1-3H3.